The van der Waals surface area contributed by atoms with Crippen LogP contribution in [0.1, 0.15) is 11.8 Å². The van der Waals surface area contributed by atoms with Gasteiger partial charge in [-0.3, -0.25) is 4.90 Å². The third kappa shape index (κ3) is 5.12. The second-order valence-electron chi connectivity index (χ2n) is 7.56. The molecule has 32 heavy (non-hydrogen) atoms. The van der Waals surface area contributed by atoms with Crippen LogP contribution in [0.3, 0.4) is 0 Å². The smallest absolute Gasteiger partial charge is 0.240 e. The maximum atomic E-state index is 13.2. The quantitative estimate of drug-likeness (QED) is 0.557. The Morgan fingerprint density at radius 2 is 1.72 bits per heavy atom. The minimum atomic E-state index is -3.77. The van der Waals surface area contributed by atoms with Gasteiger partial charge in [-0.25, -0.2) is 17.5 Å². The number of ether oxygens (including phenoxy) is 1. The largest absolute Gasteiger partial charge is 0.497 e. The Hall–Kier alpha value is -2.88. The number of nitrogens with zero attached hydrogens (tertiary/aromatic N) is 2. The summed E-state index contributed by atoms with van der Waals surface area (Å²) in [5.74, 6) is 1.04. The number of nitrogens with one attached hydrogen (secondary N) is 1. The van der Waals surface area contributed by atoms with Gasteiger partial charge in [0.15, 0.2) is 0 Å². The molecular weight excluding hydrogens is 433 g/mol. The Kier molecular flexibility index (Phi) is 6.78. The third-order valence-corrected chi connectivity index (χ3v) is 7.09. The molecule has 1 saturated heterocycles. The van der Waals surface area contributed by atoms with E-state index < -0.39 is 15.8 Å². The van der Waals surface area contributed by atoms with Crippen LogP contribution in [0.4, 0.5) is 10.1 Å². The summed E-state index contributed by atoms with van der Waals surface area (Å²) in [6, 6.07) is 16.1. The van der Waals surface area contributed by atoms with Gasteiger partial charge in [-0.05, 0) is 60.7 Å². The van der Waals surface area contributed by atoms with Crippen LogP contribution < -0.4 is 14.4 Å². The van der Waals surface area contributed by atoms with Gasteiger partial charge in [0.2, 0.25) is 10.0 Å². The van der Waals surface area contributed by atoms with E-state index in [0.29, 0.717) is 5.76 Å². The van der Waals surface area contributed by atoms with Gasteiger partial charge in [0.05, 0.1) is 24.3 Å². The number of furan rings is 1. The first-order valence-electron chi connectivity index (χ1n) is 10.4. The van der Waals surface area contributed by atoms with Crippen LogP contribution in [0.25, 0.3) is 0 Å². The lowest BCUT2D eigenvalue weighted by Crippen LogP contribution is -2.49. The van der Waals surface area contributed by atoms with Gasteiger partial charge in [-0.15, -0.1) is 0 Å². The van der Waals surface area contributed by atoms with Gasteiger partial charge in [0.1, 0.15) is 17.3 Å². The molecule has 4 rings (SSSR count). The molecule has 3 aromatic rings. The molecule has 2 aromatic carbocycles. The summed E-state index contributed by atoms with van der Waals surface area (Å²) < 4.78 is 52.0. The molecule has 0 spiro atoms. The van der Waals surface area contributed by atoms with Gasteiger partial charge in [0, 0.05) is 38.4 Å². The van der Waals surface area contributed by atoms with Crippen molar-refractivity contribution in [2.75, 3.05) is 44.7 Å². The predicted molar refractivity (Wildman–Crippen MR) is 120 cm³/mol. The molecule has 170 valence electrons. The van der Waals surface area contributed by atoms with Crippen LogP contribution in [-0.2, 0) is 10.0 Å². The standard InChI is InChI=1S/C23H26FN3O4S/c1-30-20-8-6-19(7-9-20)26-12-14-27(15-13-26)22(23-3-2-16-31-23)17-25-32(28,29)21-10-4-18(24)5-11-21/h2-11,16,22,25H,12-15,17H2,1H3/t22-/m1/s1. The molecule has 1 N–H and O–H groups in total. The highest BCUT2D eigenvalue weighted by molar-refractivity contribution is 7.89. The second kappa shape index (κ2) is 9.72. The fraction of sp³-hybridized carbons (Fsp3) is 0.304. The van der Waals surface area contributed by atoms with Gasteiger partial charge < -0.3 is 14.1 Å². The van der Waals surface area contributed by atoms with E-state index in [4.69, 9.17) is 9.15 Å². The van der Waals surface area contributed by atoms with Crippen LogP contribution in [0.15, 0.2) is 76.2 Å². The number of halogens is 1. The molecule has 1 aromatic heterocycles. The maximum Gasteiger partial charge on any atom is 0.240 e. The van der Waals surface area contributed by atoms with Crippen molar-refractivity contribution in [3.05, 3.63) is 78.5 Å². The highest BCUT2D eigenvalue weighted by Crippen LogP contribution is 2.26. The maximum absolute atomic E-state index is 13.2. The summed E-state index contributed by atoms with van der Waals surface area (Å²) in [7, 11) is -2.12. The summed E-state index contributed by atoms with van der Waals surface area (Å²) in [5, 5.41) is 0. The molecule has 1 atom stereocenters. The minimum Gasteiger partial charge on any atom is -0.497 e. The van der Waals surface area contributed by atoms with Gasteiger partial charge in [-0.1, -0.05) is 0 Å². The lowest BCUT2D eigenvalue weighted by molar-refractivity contribution is 0.166. The Bertz CT molecular complexity index is 1100. The normalized spacial score (nSPS) is 16.1. The number of methoxy groups -OCH3 is 1. The summed E-state index contributed by atoms with van der Waals surface area (Å²) in [4.78, 5) is 4.53. The van der Waals surface area contributed by atoms with Crippen molar-refractivity contribution in [3.63, 3.8) is 0 Å². The van der Waals surface area contributed by atoms with Crippen LogP contribution in [0.5, 0.6) is 5.75 Å². The Labute approximate surface area is 187 Å². The van der Waals surface area contributed by atoms with E-state index in [1.807, 2.05) is 30.3 Å². The molecule has 9 heteroatoms. The van der Waals surface area contributed by atoms with E-state index in [2.05, 4.69) is 14.5 Å². The third-order valence-electron chi connectivity index (χ3n) is 5.65. The zero-order chi connectivity index (χ0) is 22.6. The van der Waals surface area contributed by atoms with E-state index >= 15 is 0 Å². The summed E-state index contributed by atoms with van der Waals surface area (Å²) in [6.45, 7) is 3.24. The van der Waals surface area contributed by atoms with Gasteiger partial charge in [0.25, 0.3) is 0 Å². The van der Waals surface area contributed by atoms with Crippen molar-refractivity contribution >= 4 is 15.7 Å². The van der Waals surface area contributed by atoms with Crippen LogP contribution in [0, 0.1) is 5.82 Å². The molecule has 0 unspecified atom stereocenters. The zero-order valence-electron chi connectivity index (χ0n) is 17.8. The first-order chi connectivity index (χ1) is 15.5. The average molecular weight is 460 g/mol. The van der Waals surface area contributed by atoms with Crippen molar-refractivity contribution < 1.29 is 22.0 Å². The number of sulfonamides is 1. The minimum absolute atomic E-state index is 0.0291. The van der Waals surface area contributed by atoms with Crippen molar-refractivity contribution in [2.24, 2.45) is 0 Å². The monoisotopic (exact) mass is 459 g/mol. The SMILES string of the molecule is COc1ccc(N2CCN([C@H](CNS(=O)(=O)c3ccc(F)cc3)c3ccco3)CC2)cc1. The van der Waals surface area contributed by atoms with E-state index in [1.54, 1.807) is 19.4 Å². The topological polar surface area (TPSA) is 75.0 Å². The average Bonchev–Trinajstić information content (AvgIpc) is 3.35. The van der Waals surface area contributed by atoms with Crippen LogP contribution in [-0.4, -0.2) is 53.2 Å². The lowest BCUT2D eigenvalue weighted by Gasteiger charge is -2.39. The zero-order valence-corrected chi connectivity index (χ0v) is 18.6. The molecule has 0 amide bonds. The summed E-state index contributed by atoms with van der Waals surface area (Å²) >= 11 is 0. The first-order valence-corrected chi connectivity index (χ1v) is 11.9. The fourth-order valence-electron chi connectivity index (χ4n) is 3.86. The molecular formula is C23H26FN3O4S. The molecule has 1 fully saturated rings. The molecule has 0 bridgehead atoms. The highest BCUT2D eigenvalue weighted by Gasteiger charge is 2.28. The number of benzene rings is 2. The predicted octanol–water partition coefficient (Wildman–Crippen LogP) is 3.27. The Balaban J connectivity index is 1.43. The fourth-order valence-corrected chi connectivity index (χ4v) is 4.90. The van der Waals surface area contributed by atoms with Crippen LogP contribution >= 0.6 is 0 Å². The summed E-state index contributed by atoms with van der Waals surface area (Å²) in [5.41, 5.74) is 1.12. The number of rotatable bonds is 8. The number of piperazine rings is 1. The number of hydrogen-bond donors (Lipinski definition) is 1. The number of hydrogen-bond acceptors (Lipinski definition) is 6. The van der Waals surface area contributed by atoms with Crippen LogP contribution in [0.2, 0.25) is 0 Å². The highest BCUT2D eigenvalue weighted by atomic mass is 32.2. The second-order valence-corrected chi connectivity index (χ2v) is 9.33. The Morgan fingerprint density at radius 1 is 1.03 bits per heavy atom. The Morgan fingerprint density at radius 3 is 2.31 bits per heavy atom. The van der Waals surface area contributed by atoms with Gasteiger partial charge >= 0.3 is 0 Å². The van der Waals surface area contributed by atoms with Gasteiger partial charge in [-0.2, -0.15) is 0 Å². The van der Waals surface area contributed by atoms with E-state index in [0.717, 1.165) is 49.7 Å². The number of anilines is 1. The van der Waals surface area contributed by atoms with Crippen molar-refractivity contribution in [1.29, 1.82) is 0 Å². The molecule has 0 radical (unpaired) electrons. The molecule has 2 heterocycles. The molecule has 0 saturated carbocycles. The molecule has 1 aliphatic rings. The lowest BCUT2D eigenvalue weighted by atomic mass is 10.1. The molecule has 7 nitrogen and oxygen atoms in total. The van der Waals surface area contributed by atoms with Crippen molar-refractivity contribution in [3.8, 4) is 5.75 Å². The molecule has 0 aliphatic carbocycles. The summed E-state index contributed by atoms with van der Waals surface area (Å²) in [6.07, 6.45) is 1.59. The van der Waals surface area contributed by atoms with E-state index in [-0.39, 0.29) is 17.5 Å². The van der Waals surface area contributed by atoms with E-state index in [1.165, 1.54) is 12.1 Å². The van der Waals surface area contributed by atoms with Crippen molar-refractivity contribution in [2.45, 2.75) is 10.9 Å². The van der Waals surface area contributed by atoms with E-state index in [9.17, 15) is 12.8 Å². The molecule has 1 aliphatic heterocycles. The first kappa shape index (κ1) is 22.3. The van der Waals surface area contributed by atoms with Crippen molar-refractivity contribution in [1.82, 2.24) is 9.62 Å².